The van der Waals surface area contributed by atoms with Gasteiger partial charge in [-0.2, -0.15) is 0 Å². The summed E-state index contributed by atoms with van der Waals surface area (Å²) in [6.07, 6.45) is 3.78. The first-order chi connectivity index (χ1) is 15.6. The second kappa shape index (κ2) is 12.0. The van der Waals surface area contributed by atoms with Gasteiger partial charge in [0.25, 0.3) is 0 Å². The van der Waals surface area contributed by atoms with Crippen molar-refractivity contribution in [1.82, 2.24) is 4.31 Å². The minimum absolute atomic E-state index is 0.0449. The van der Waals surface area contributed by atoms with Gasteiger partial charge in [-0.25, -0.2) is 12.7 Å². The lowest BCUT2D eigenvalue weighted by Crippen LogP contribution is -2.28. The summed E-state index contributed by atoms with van der Waals surface area (Å²) in [4.78, 5) is 13.7. The fraction of sp³-hybridized carbons (Fsp3) is 0.458. The van der Waals surface area contributed by atoms with Crippen molar-refractivity contribution in [3.05, 3.63) is 47.5 Å². The smallest absolute Gasteiger partial charge is 0.248 e. The van der Waals surface area contributed by atoms with Crippen molar-refractivity contribution in [2.45, 2.75) is 51.0 Å². The maximum atomic E-state index is 13.3. The lowest BCUT2D eigenvalue weighted by molar-refractivity contribution is 0.1000. The number of aliphatic hydroxyl groups excluding tert-OH is 1. The molecule has 8 nitrogen and oxygen atoms in total. The Bertz CT molecular complexity index is 1050. The molecule has 0 bridgehead atoms. The molecule has 0 aromatic heterocycles. The first-order valence-corrected chi connectivity index (χ1v) is 12.6. The second-order valence-corrected chi connectivity index (χ2v) is 10.2. The summed E-state index contributed by atoms with van der Waals surface area (Å²) in [5.74, 6) is -0.148. The van der Waals surface area contributed by atoms with Crippen molar-refractivity contribution in [3.63, 3.8) is 0 Å². The minimum Gasteiger partial charge on any atom is -0.454 e. The van der Waals surface area contributed by atoms with Crippen molar-refractivity contribution < 1.29 is 23.1 Å². The molecule has 33 heavy (non-hydrogen) atoms. The van der Waals surface area contributed by atoms with E-state index < -0.39 is 15.9 Å². The molecule has 0 radical (unpaired) electrons. The average Bonchev–Trinajstić information content (AvgIpc) is 2.79. The van der Waals surface area contributed by atoms with E-state index in [1.54, 1.807) is 24.3 Å². The molecule has 3 N–H and O–H groups in total. The van der Waals surface area contributed by atoms with E-state index in [2.05, 4.69) is 18.7 Å². The molecule has 0 unspecified atom stereocenters. The molecule has 2 aromatic rings. The van der Waals surface area contributed by atoms with Gasteiger partial charge < -0.3 is 20.5 Å². The van der Waals surface area contributed by atoms with Crippen LogP contribution < -0.4 is 15.4 Å². The number of benzene rings is 2. The van der Waals surface area contributed by atoms with Crippen LogP contribution in [0.15, 0.2) is 41.3 Å². The number of anilines is 1. The Morgan fingerprint density at radius 3 is 2.21 bits per heavy atom. The summed E-state index contributed by atoms with van der Waals surface area (Å²) in [7, 11) is -1.01. The van der Waals surface area contributed by atoms with Gasteiger partial charge in [0.15, 0.2) is 5.75 Å². The summed E-state index contributed by atoms with van der Waals surface area (Å²) < 4.78 is 33.8. The van der Waals surface area contributed by atoms with E-state index >= 15 is 0 Å². The number of hydrogen-bond acceptors (Lipinski definition) is 6. The van der Waals surface area contributed by atoms with E-state index in [1.165, 1.54) is 26.2 Å². The van der Waals surface area contributed by atoms with Crippen molar-refractivity contribution in [1.29, 1.82) is 0 Å². The molecule has 1 amide bonds. The van der Waals surface area contributed by atoms with Crippen molar-refractivity contribution in [2.24, 2.45) is 5.73 Å². The Labute approximate surface area is 197 Å². The van der Waals surface area contributed by atoms with Crippen LogP contribution in [-0.4, -0.2) is 50.9 Å². The number of amides is 1. The van der Waals surface area contributed by atoms with Gasteiger partial charge in [-0.15, -0.1) is 0 Å². The normalized spacial score (nSPS) is 11.6. The molecule has 0 aliphatic rings. The van der Waals surface area contributed by atoms with Gasteiger partial charge in [0.1, 0.15) is 10.6 Å². The lowest BCUT2D eigenvalue weighted by atomic mass is 10.1. The average molecular weight is 478 g/mol. The molecular weight excluding hydrogens is 442 g/mol. The number of nitrogens with two attached hydrogens (primary N) is 1. The molecule has 9 heteroatoms. The maximum absolute atomic E-state index is 13.3. The highest BCUT2D eigenvalue weighted by molar-refractivity contribution is 7.89. The number of hydrogen-bond donors (Lipinski definition) is 2. The van der Waals surface area contributed by atoms with E-state index in [-0.39, 0.29) is 22.8 Å². The third-order valence-corrected chi connectivity index (χ3v) is 7.10. The first-order valence-electron chi connectivity index (χ1n) is 11.2. The number of sulfonamides is 1. The molecule has 0 atom stereocenters. The molecule has 2 aromatic carbocycles. The van der Waals surface area contributed by atoms with Gasteiger partial charge in [-0.3, -0.25) is 4.79 Å². The standard InChI is InChI=1S/C24H35N3O5S/c1-5-7-12-27(13-8-6-2)21-14-18(17-28)15-22(33(30,31)26(3)4)23(21)32-20-11-9-10-19(16-20)24(25)29/h9-11,14-16,28H,5-8,12-13,17H2,1-4H3,(H2,25,29). The number of primary amides is 1. The third kappa shape index (κ3) is 6.69. The van der Waals surface area contributed by atoms with E-state index in [1.807, 2.05) is 0 Å². The molecule has 0 aliphatic carbocycles. The Morgan fingerprint density at radius 2 is 1.70 bits per heavy atom. The van der Waals surface area contributed by atoms with Gasteiger partial charge in [0, 0.05) is 32.7 Å². The number of ether oxygens (including phenoxy) is 1. The van der Waals surface area contributed by atoms with Gasteiger partial charge in [-0.05, 0) is 48.7 Å². The monoisotopic (exact) mass is 477 g/mol. The lowest BCUT2D eigenvalue weighted by Gasteiger charge is -2.29. The van der Waals surface area contributed by atoms with Crippen LogP contribution in [0.3, 0.4) is 0 Å². The summed E-state index contributed by atoms with van der Waals surface area (Å²) in [5, 5.41) is 9.88. The van der Waals surface area contributed by atoms with Crippen LogP contribution in [0, 0.1) is 0 Å². The molecule has 0 aliphatic heterocycles. The summed E-state index contributed by atoms with van der Waals surface area (Å²) in [6.45, 7) is 5.30. The first kappa shape index (κ1) is 26.6. The minimum atomic E-state index is -3.90. The number of aliphatic hydroxyl groups is 1. The van der Waals surface area contributed by atoms with Crippen LogP contribution in [0.4, 0.5) is 5.69 Å². The number of rotatable bonds is 13. The Morgan fingerprint density at radius 1 is 1.06 bits per heavy atom. The molecule has 0 heterocycles. The quantitative estimate of drug-likeness (QED) is 0.455. The zero-order chi connectivity index (χ0) is 24.6. The Kier molecular flexibility index (Phi) is 9.70. The number of carbonyl (C=O) groups excluding carboxylic acids is 1. The van der Waals surface area contributed by atoms with Crippen LogP contribution >= 0.6 is 0 Å². The van der Waals surface area contributed by atoms with E-state index in [9.17, 15) is 18.3 Å². The van der Waals surface area contributed by atoms with Gasteiger partial charge in [0.2, 0.25) is 15.9 Å². The van der Waals surface area contributed by atoms with Crippen LogP contribution in [0.2, 0.25) is 0 Å². The molecule has 0 fully saturated rings. The summed E-state index contributed by atoms with van der Waals surface area (Å²) >= 11 is 0. The van der Waals surface area contributed by atoms with E-state index in [0.29, 0.717) is 30.1 Å². The summed E-state index contributed by atoms with van der Waals surface area (Å²) in [6, 6.07) is 9.53. The van der Waals surface area contributed by atoms with Crippen LogP contribution in [0.5, 0.6) is 11.5 Å². The molecule has 2 rings (SSSR count). The Hall–Kier alpha value is -2.62. The maximum Gasteiger partial charge on any atom is 0.248 e. The fourth-order valence-corrected chi connectivity index (χ4v) is 4.42. The van der Waals surface area contributed by atoms with Crippen LogP contribution in [0.1, 0.15) is 55.5 Å². The number of carbonyl (C=O) groups is 1. The third-order valence-electron chi connectivity index (χ3n) is 5.28. The molecule has 0 spiro atoms. The SMILES string of the molecule is CCCCN(CCCC)c1cc(CO)cc(S(=O)(=O)N(C)C)c1Oc1cccc(C(N)=O)c1. The largest absolute Gasteiger partial charge is 0.454 e. The predicted molar refractivity (Wildman–Crippen MR) is 130 cm³/mol. The molecule has 182 valence electrons. The summed E-state index contributed by atoms with van der Waals surface area (Å²) in [5.41, 5.74) is 6.73. The molecular formula is C24H35N3O5S. The number of unbranched alkanes of at least 4 members (excludes halogenated alkanes) is 2. The topological polar surface area (TPSA) is 113 Å². The Balaban J connectivity index is 2.77. The zero-order valence-corrected chi connectivity index (χ0v) is 20.7. The highest BCUT2D eigenvalue weighted by Crippen LogP contribution is 2.41. The highest BCUT2D eigenvalue weighted by atomic mass is 32.2. The molecule has 0 saturated carbocycles. The molecule has 0 saturated heterocycles. The fourth-order valence-electron chi connectivity index (χ4n) is 3.34. The second-order valence-electron chi connectivity index (χ2n) is 8.08. The van der Waals surface area contributed by atoms with E-state index in [4.69, 9.17) is 10.5 Å². The number of nitrogens with zero attached hydrogens (tertiary/aromatic N) is 2. The van der Waals surface area contributed by atoms with Crippen LogP contribution in [-0.2, 0) is 16.6 Å². The highest BCUT2D eigenvalue weighted by Gasteiger charge is 2.28. The predicted octanol–water partition coefficient (Wildman–Crippen LogP) is 3.73. The van der Waals surface area contributed by atoms with Crippen molar-refractivity contribution in [2.75, 3.05) is 32.1 Å². The van der Waals surface area contributed by atoms with Gasteiger partial charge in [0.05, 0.1) is 12.3 Å². The van der Waals surface area contributed by atoms with Gasteiger partial charge >= 0.3 is 0 Å². The van der Waals surface area contributed by atoms with Crippen molar-refractivity contribution in [3.8, 4) is 11.5 Å². The van der Waals surface area contributed by atoms with Crippen molar-refractivity contribution >= 4 is 21.6 Å². The van der Waals surface area contributed by atoms with E-state index in [0.717, 1.165) is 30.0 Å². The zero-order valence-electron chi connectivity index (χ0n) is 19.9. The van der Waals surface area contributed by atoms with Gasteiger partial charge in [-0.1, -0.05) is 32.8 Å². The van der Waals surface area contributed by atoms with Crippen LogP contribution in [0.25, 0.3) is 0 Å².